The molecule has 2 aliphatic rings. The van der Waals surface area contributed by atoms with Crippen molar-refractivity contribution >= 4 is 12.0 Å². The molecule has 2 saturated heterocycles. The van der Waals surface area contributed by atoms with Gasteiger partial charge in [0.05, 0.1) is 19.3 Å². The molecule has 11 heteroatoms. The highest BCUT2D eigenvalue weighted by atomic mass is 16.6. The predicted octanol–water partition coefficient (Wildman–Crippen LogP) is -0.948. The van der Waals surface area contributed by atoms with E-state index in [1.807, 2.05) is 0 Å². The van der Waals surface area contributed by atoms with E-state index < -0.39 is 5.60 Å². The Morgan fingerprint density at radius 2 is 2.30 bits per heavy atom. The number of nitrogens with one attached hydrogen (secondary N) is 1. The molecule has 0 radical (unpaired) electrons. The first-order valence-corrected chi connectivity index (χ1v) is 7.08. The van der Waals surface area contributed by atoms with Crippen LogP contribution in [0.15, 0.2) is 12.5 Å². The molecule has 4 heterocycles. The third-order valence-corrected chi connectivity index (χ3v) is 4.17. The van der Waals surface area contributed by atoms with Gasteiger partial charge < -0.3 is 14.5 Å². The third-order valence-electron chi connectivity index (χ3n) is 4.17. The van der Waals surface area contributed by atoms with E-state index in [1.54, 1.807) is 11.9 Å². The summed E-state index contributed by atoms with van der Waals surface area (Å²) in [7, 11) is 1.69. The van der Waals surface area contributed by atoms with E-state index in [4.69, 9.17) is 4.74 Å². The maximum atomic E-state index is 12.8. The topological polar surface area (TPSA) is 122 Å². The van der Waals surface area contributed by atoms with Crippen molar-refractivity contribution in [2.75, 3.05) is 26.7 Å². The Balaban J connectivity index is 1.56. The summed E-state index contributed by atoms with van der Waals surface area (Å²) in [6.45, 7) is 1.36. The molecule has 0 aromatic carbocycles. The second kappa shape index (κ2) is 4.76. The van der Waals surface area contributed by atoms with Crippen LogP contribution in [0.5, 0.6) is 0 Å². The van der Waals surface area contributed by atoms with Crippen LogP contribution >= 0.6 is 0 Å². The minimum absolute atomic E-state index is 0.202. The summed E-state index contributed by atoms with van der Waals surface area (Å²) in [5, 5.41) is 17.5. The largest absolute Gasteiger partial charge is 0.439 e. The Bertz CT molecular complexity index is 756. The maximum Gasteiger partial charge on any atom is 0.410 e. The lowest BCUT2D eigenvalue weighted by molar-refractivity contribution is 0.0553. The SMILES string of the molecule is CN1C[C@@]2(CCN(C(=O)c3cn[nH]c3-n3cnnn3)C2)OC1=O. The number of H-pyrrole nitrogens is 1. The molecule has 0 saturated carbocycles. The molecule has 4 rings (SSSR count). The zero-order valence-electron chi connectivity index (χ0n) is 12.3. The first-order valence-electron chi connectivity index (χ1n) is 7.08. The molecule has 0 unspecified atom stereocenters. The van der Waals surface area contributed by atoms with E-state index in [1.165, 1.54) is 22.1 Å². The lowest BCUT2D eigenvalue weighted by atomic mass is 10.0. The fourth-order valence-electron chi connectivity index (χ4n) is 3.07. The lowest BCUT2D eigenvalue weighted by Gasteiger charge is -2.21. The minimum Gasteiger partial charge on any atom is -0.439 e. The van der Waals surface area contributed by atoms with E-state index in [0.717, 1.165) is 0 Å². The van der Waals surface area contributed by atoms with Gasteiger partial charge in [0.15, 0.2) is 11.4 Å². The quantitative estimate of drug-likeness (QED) is 0.757. The highest BCUT2D eigenvalue weighted by Gasteiger charge is 2.49. The predicted molar refractivity (Wildman–Crippen MR) is 73.7 cm³/mol. The number of aromatic nitrogens is 6. The fraction of sp³-hybridized carbons (Fsp3) is 0.500. The van der Waals surface area contributed by atoms with E-state index in [0.29, 0.717) is 37.4 Å². The smallest absolute Gasteiger partial charge is 0.410 e. The number of rotatable bonds is 2. The fourth-order valence-corrected chi connectivity index (χ4v) is 3.07. The van der Waals surface area contributed by atoms with Gasteiger partial charge in [-0.1, -0.05) is 0 Å². The van der Waals surface area contributed by atoms with Crippen molar-refractivity contribution in [3.8, 4) is 5.82 Å². The number of carbonyl (C=O) groups excluding carboxylic acids is 2. The number of nitrogens with zero attached hydrogens (tertiary/aromatic N) is 7. The number of hydrogen-bond acceptors (Lipinski definition) is 7. The van der Waals surface area contributed by atoms with Crippen molar-refractivity contribution in [2.24, 2.45) is 0 Å². The van der Waals surface area contributed by atoms with Crippen LogP contribution in [0.25, 0.3) is 5.82 Å². The molecule has 1 atom stereocenters. The van der Waals surface area contributed by atoms with Crippen LogP contribution in [-0.4, -0.2) is 84.5 Å². The van der Waals surface area contributed by atoms with Crippen molar-refractivity contribution in [1.29, 1.82) is 0 Å². The summed E-state index contributed by atoms with van der Waals surface area (Å²) < 4.78 is 6.80. The monoisotopic (exact) mass is 318 g/mol. The average Bonchev–Trinajstić information content (AvgIpc) is 3.28. The van der Waals surface area contributed by atoms with Crippen molar-refractivity contribution in [2.45, 2.75) is 12.0 Å². The summed E-state index contributed by atoms with van der Waals surface area (Å²) in [5.41, 5.74) is -0.243. The Kier molecular flexibility index (Phi) is 2.83. The van der Waals surface area contributed by atoms with E-state index in [2.05, 4.69) is 25.7 Å². The van der Waals surface area contributed by atoms with Gasteiger partial charge in [-0.2, -0.15) is 9.78 Å². The van der Waals surface area contributed by atoms with Crippen LogP contribution in [-0.2, 0) is 4.74 Å². The molecule has 2 fully saturated rings. The number of ether oxygens (including phenoxy) is 1. The second-order valence-corrected chi connectivity index (χ2v) is 5.77. The van der Waals surface area contributed by atoms with Crippen LogP contribution < -0.4 is 0 Å². The lowest BCUT2D eigenvalue weighted by Crippen LogP contribution is -2.39. The number of likely N-dealkylation sites (tertiary alicyclic amines) is 1. The van der Waals surface area contributed by atoms with Gasteiger partial charge >= 0.3 is 6.09 Å². The first kappa shape index (κ1) is 13.7. The zero-order chi connectivity index (χ0) is 16.0. The van der Waals surface area contributed by atoms with Crippen LogP contribution in [0.1, 0.15) is 16.8 Å². The van der Waals surface area contributed by atoms with E-state index >= 15 is 0 Å². The summed E-state index contributed by atoms with van der Waals surface area (Å²) in [5.74, 6) is 0.202. The number of amides is 2. The molecule has 2 aromatic rings. The number of carbonyl (C=O) groups is 2. The standard InChI is InChI=1S/C12H14N8O3/c1-18-5-12(23-11(18)22)2-3-19(6-12)10(21)8-4-13-15-9(8)20-7-14-16-17-20/h4,7H,2-3,5-6H2,1H3,(H,13,15)/t12-/m1/s1. The molecule has 0 aliphatic carbocycles. The number of aromatic amines is 1. The van der Waals surface area contributed by atoms with Gasteiger partial charge in [0.1, 0.15) is 11.9 Å². The normalized spacial score (nSPS) is 23.8. The number of tetrazole rings is 1. The van der Waals surface area contributed by atoms with E-state index in [-0.39, 0.29) is 12.0 Å². The van der Waals surface area contributed by atoms with Gasteiger partial charge in [0.2, 0.25) is 0 Å². The van der Waals surface area contributed by atoms with Gasteiger partial charge in [-0.05, 0) is 10.4 Å². The van der Waals surface area contributed by atoms with Gasteiger partial charge in [0.25, 0.3) is 5.91 Å². The minimum atomic E-state index is -0.611. The number of hydrogen-bond donors (Lipinski definition) is 1. The van der Waals surface area contributed by atoms with Gasteiger partial charge in [0, 0.05) is 20.0 Å². The Hall–Kier alpha value is -2.98. The van der Waals surface area contributed by atoms with Crippen molar-refractivity contribution in [1.82, 2.24) is 40.2 Å². The maximum absolute atomic E-state index is 12.8. The molecule has 120 valence electrons. The molecule has 23 heavy (non-hydrogen) atoms. The van der Waals surface area contributed by atoms with Crippen molar-refractivity contribution in [3.63, 3.8) is 0 Å². The first-order chi connectivity index (χ1) is 11.1. The van der Waals surface area contributed by atoms with E-state index in [9.17, 15) is 9.59 Å². The summed E-state index contributed by atoms with van der Waals surface area (Å²) in [4.78, 5) is 27.6. The van der Waals surface area contributed by atoms with Gasteiger partial charge in [-0.3, -0.25) is 9.89 Å². The van der Waals surface area contributed by atoms with Crippen LogP contribution in [0.3, 0.4) is 0 Å². The van der Waals surface area contributed by atoms with Crippen molar-refractivity contribution < 1.29 is 14.3 Å². The molecular weight excluding hydrogens is 304 g/mol. The van der Waals surface area contributed by atoms with Crippen molar-refractivity contribution in [3.05, 3.63) is 18.1 Å². The molecule has 2 aliphatic heterocycles. The van der Waals surface area contributed by atoms with Crippen LogP contribution in [0.2, 0.25) is 0 Å². The Morgan fingerprint density at radius 3 is 3.00 bits per heavy atom. The van der Waals surface area contributed by atoms with Crippen LogP contribution in [0.4, 0.5) is 4.79 Å². The highest BCUT2D eigenvalue weighted by Crippen LogP contribution is 2.32. The average molecular weight is 318 g/mol. The van der Waals surface area contributed by atoms with Gasteiger partial charge in [-0.25, -0.2) is 4.79 Å². The number of likely N-dealkylation sites (N-methyl/N-ethyl adjacent to an activating group) is 1. The molecule has 0 bridgehead atoms. The Labute approximate surface area is 130 Å². The molecule has 2 amide bonds. The molecule has 1 spiro atoms. The molecular formula is C12H14N8O3. The molecule has 2 aromatic heterocycles. The highest BCUT2D eigenvalue weighted by molar-refractivity contribution is 5.97. The summed E-state index contributed by atoms with van der Waals surface area (Å²) in [6, 6.07) is 0. The summed E-state index contributed by atoms with van der Waals surface area (Å²) in [6.07, 6.45) is 3.09. The molecule has 1 N–H and O–H groups in total. The summed E-state index contributed by atoms with van der Waals surface area (Å²) >= 11 is 0. The Morgan fingerprint density at radius 1 is 1.43 bits per heavy atom. The van der Waals surface area contributed by atoms with Crippen LogP contribution in [0, 0.1) is 0 Å². The third kappa shape index (κ3) is 2.12. The molecule has 11 nitrogen and oxygen atoms in total. The second-order valence-electron chi connectivity index (χ2n) is 5.77. The zero-order valence-corrected chi connectivity index (χ0v) is 12.3. The van der Waals surface area contributed by atoms with Gasteiger partial charge in [-0.15, -0.1) is 5.10 Å².